The lowest BCUT2D eigenvalue weighted by Gasteiger charge is -2.27. The monoisotopic (exact) mass is 209 g/mol. The SMILES string of the molecule is CC1(CNC2C[C@@H]3C=C[C@H]2C3)OCCO1. The second-order valence-electron chi connectivity index (χ2n) is 5.10. The van der Waals surface area contributed by atoms with Crippen LogP contribution in [0.3, 0.4) is 0 Å². The van der Waals surface area contributed by atoms with E-state index >= 15 is 0 Å². The number of rotatable bonds is 3. The minimum Gasteiger partial charge on any atom is -0.347 e. The molecule has 1 aliphatic heterocycles. The Labute approximate surface area is 90.8 Å². The topological polar surface area (TPSA) is 30.5 Å². The first kappa shape index (κ1) is 9.82. The standard InChI is InChI=1S/C12H19NO2/c1-12(14-4-5-15-12)8-13-11-7-9-2-3-10(11)6-9/h2-3,9-11,13H,4-8H2,1H3/t9-,10+,11?/m1/s1. The van der Waals surface area contributed by atoms with Crippen molar-refractivity contribution in [1.29, 1.82) is 0 Å². The maximum absolute atomic E-state index is 5.58. The number of hydrogen-bond acceptors (Lipinski definition) is 3. The van der Waals surface area contributed by atoms with Crippen LogP contribution in [0.5, 0.6) is 0 Å². The molecule has 1 heterocycles. The minimum absolute atomic E-state index is 0.383. The molecule has 3 nitrogen and oxygen atoms in total. The Morgan fingerprint density at radius 2 is 2.07 bits per heavy atom. The van der Waals surface area contributed by atoms with Gasteiger partial charge in [-0.3, -0.25) is 0 Å². The van der Waals surface area contributed by atoms with Gasteiger partial charge < -0.3 is 14.8 Å². The van der Waals surface area contributed by atoms with E-state index < -0.39 is 0 Å². The van der Waals surface area contributed by atoms with E-state index in [-0.39, 0.29) is 5.79 Å². The van der Waals surface area contributed by atoms with Gasteiger partial charge in [0.15, 0.2) is 5.79 Å². The summed E-state index contributed by atoms with van der Waals surface area (Å²) in [6.07, 6.45) is 7.37. The van der Waals surface area contributed by atoms with E-state index in [2.05, 4.69) is 17.5 Å². The van der Waals surface area contributed by atoms with E-state index in [1.807, 2.05) is 6.92 Å². The fraction of sp³-hybridized carbons (Fsp3) is 0.833. The molecule has 0 amide bonds. The summed E-state index contributed by atoms with van der Waals surface area (Å²) in [6.45, 7) is 4.30. The van der Waals surface area contributed by atoms with Gasteiger partial charge in [0, 0.05) is 12.6 Å². The van der Waals surface area contributed by atoms with Crippen molar-refractivity contribution in [3.63, 3.8) is 0 Å². The van der Waals surface area contributed by atoms with Gasteiger partial charge in [0.1, 0.15) is 0 Å². The lowest BCUT2D eigenvalue weighted by Crippen LogP contribution is -2.44. The van der Waals surface area contributed by atoms with Crippen LogP contribution in [-0.2, 0) is 9.47 Å². The third kappa shape index (κ3) is 1.84. The molecule has 2 fully saturated rings. The first-order valence-corrected chi connectivity index (χ1v) is 5.95. The average molecular weight is 209 g/mol. The van der Waals surface area contributed by atoms with Crippen LogP contribution in [-0.4, -0.2) is 31.6 Å². The Bertz CT molecular complexity index is 271. The summed E-state index contributed by atoms with van der Waals surface area (Å²) in [5.74, 6) is 1.19. The van der Waals surface area contributed by atoms with Crippen LogP contribution >= 0.6 is 0 Å². The fourth-order valence-corrected chi connectivity index (χ4v) is 2.99. The van der Waals surface area contributed by atoms with Crippen LogP contribution in [0.1, 0.15) is 19.8 Å². The quantitative estimate of drug-likeness (QED) is 0.711. The summed E-state index contributed by atoms with van der Waals surface area (Å²) in [4.78, 5) is 0. The van der Waals surface area contributed by atoms with E-state index in [9.17, 15) is 0 Å². The molecule has 15 heavy (non-hydrogen) atoms. The van der Waals surface area contributed by atoms with Crippen LogP contribution in [0.15, 0.2) is 12.2 Å². The van der Waals surface area contributed by atoms with Gasteiger partial charge in [-0.25, -0.2) is 0 Å². The van der Waals surface area contributed by atoms with Crippen LogP contribution in [0.2, 0.25) is 0 Å². The zero-order valence-corrected chi connectivity index (χ0v) is 9.24. The van der Waals surface area contributed by atoms with Crippen molar-refractivity contribution >= 4 is 0 Å². The predicted molar refractivity (Wildman–Crippen MR) is 57.5 cm³/mol. The Kier molecular flexibility index (Phi) is 2.34. The maximum atomic E-state index is 5.58. The Morgan fingerprint density at radius 1 is 1.27 bits per heavy atom. The van der Waals surface area contributed by atoms with Gasteiger partial charge in [0.2, 0.25) is 0 Å². The molecule has 0 aromatic rings. The molecule has 3 heteroatoms. The highest BCUT2D eigenvalue weighted by Crippen LogP contribution is 2.39. The summed E-state index contributed by atoms with van der Waals surface area (Å²) < 4.78 is 11.2. The second-order valence-corrected chi connectivity index (χ2v) is 5.10. The number of hydrogen-bond donors (Lipinski definition) is 1. The van der Waals surface area contributed by atoms with Crippen molar-refractivity contribution in [2.75, 3.05) is 19.8 Å². The molecule has 0 aromatic heterocycles. The van der Waals surface area contributed by atoms with E-state index in [1.165, 1.54) is 12.8 Å². The third-order valence-corrected chi connectivity index (χ3v) is 3.86. The molecule has 0 radical (unpaired) electrons. The lowest BCUT2D eigenvalue weighted by molar-refractivity contribution is -0.139. The molecule has 1 unspecified atom stereocenters. The molecule has 1 saturated heterocycles. The van der Waals surface area contributed by atoms with Crippen molar-refractivity contribution in [3.05, 3.63) is 12.2 Å². The number of allylic oxidation sites excluding steroid dienone is 1. The molecule has 3 aliphatic rings. The predicted octanol–water partition coefficient (Wildman–Crippen LogP) is 1.30. The van der Waals surface area contributed by atoms with Crippen molar-refractivity contribution in [2.45, 2.75) is 31.6 Å². The molecule has 3 rings (SSSR count). The van der Waals surface area contributed by atoms with E-state index in [0.29, 0.717) is 6.04 Å². The van der Waals surface area contributed by atoms with Gasteiger partial charge in [-0.2, -0.15) is 0 Å². The van der Waals surface area contributed by atoms with E-state index in [0.717, 1.165) is 31.6 Å². The zero-order valence-electron chi connectivity index (χ0n) is 9.24. The molecule has 2 bridgehead atoms. The van der Waals surface area contributed by atoms with Crippen molar-refractivity contribution in [2.24, 2.45) is 11.8 Å². The number of nitrogens with one attached hydrogen (secondary N) is 1. The van der Waals surface area contributed by atoms with Gasteiger partial charge in [0.05, 0.1) is 13.2 Å². The third-order valence-electron chi connectivity index (χ3n) is 3.86. The summed E-state index contributed by atoms with van der Waals surface area (Å²) in [7, 11) is 0. The highest BCUT2D eigenvalue weighted by Gasteiger charge is 2.38. The summed E-state index contributed by atoms with van der Waals surface area (Å²) in [6, 6.07) is 0.643. The van der Waals surface area contributed by atoms with E-state index in [4.69, 9.17) is 9.47 Å². The van der Waals surface area contributed by atoms with Gasteiger partial charge in [-0.05, 0) is 31.6 Å². The summed E-state index contributed by atoms with van der Waals surface area (Å²) >= 11 is 0. The van der Waals surface area contributed by atoms with Gasteiger partial charge in [-0.1, -0.05) is 12.2 Å². The van der Waals surface area contributed by atoms with Gasteiger partial charge >= 0.3 is 0 Å². The first-order chi connectivity index (χ1) is 7.25. The highest BCUT2D eigenvalue weighted by atomic mass is 16.7. The maximum Gasteiger partial charge on any atom is 0.178 e. The van der Waals surface area contributed by atoms with Gasteiger partial charge in [0.25, 0.3) is 0 Å². The molecular formula is C12H19NO2. The number of ether oxygens (including phenoxy) is 2. The van der Waals surface area contributed by atoms with Crippen molar-refractivity contribution in [1.82, 2.24) is 5.32 Å². The molecule has 84 valence electrons. The largest absolute Gasteiger partial charge is 0.347 e. The zero-order chi connectivity index (χ0) is 10.3. The fourth-order valence-electron chi connectivity index (χ4n) is 2.99. The molecule has 1 N–H and O–H groups in total. The Balaban J connectivity index is 1.52. The van der Waals surface area contributed by atoms with Crippen LogP contribution in [0.25, 0.3) is 0 Å². The molecule has 0 spiro atoms. The summed E-state index contributed by atoms with van der Waals surface area (Å²) in [5.41, 5.74) is 0. The summed E-state index contributed by atoms with van der Waals surface area (Å²) in [5, 5.41) is 3.59. The first-order valence-electron chi connectivity index (χ1n) is 5.95. The smallest absolute Gasteiger partial charge is 0.178 e. The average Bonchev–Trinajstić information content (AvgIpc) is 2.90. The van der Waals surface area contributed by atoms with Crippen LogP contribution in [0.4, 0.5) is 0 Å². The normalized spacial score (nSPS) is 41.5. The van der Waals surface area contributed by atoms with E-state index in [1.54, 1.807) is 0 Å². The molecular weight excluding hydrogens is 190 g/mol. The number of fused-ring (bicyclic) bond motifs is 2. The minimum atomic E-state index is -0.383. The highest BCUT2D eigenvalue weighted by molar-refractivity contribution is 5.12. The van der Waals surface area contributed by atoms with Crippen LogP contribution in [0, 0.1) is 11.8 Å². The molecule has 3 atom stereocenters. The van der Waals surface area contributed by atoms with Gasteiger partial charge in [-0.15, -0.1) is 0 Å². The molecule has 1 saturated carbocycles. The Hall–Kier alpha value is -0.380. The molecule has 2 aliphatic carbocycles. The van der Waals surface area contributed by atoms with Crippen LogP contribution < -0.4 is 5.32 Å². The lowest BCUT2D eigenvalue weighted by atomic mass is 10.0. The van der Waals surface area contributed by atoms with Crippen molar-refractivity contribution in [3.8, 4) is 0 Å². The Morgan fingerprint density at radius 3 is 2.67 bits per heavy atom. The molecule has 0 aromatic carbocycles. The van der Waals surface area contributed by atoms with Crippen molar-refractivity contribution < 1.29 is 9.47 Å². The second kappa shape index (κ2) is 3.58.